The highest BCUT2D eigenvalue weighted by molar-refractivity contribution is 8.13. The molecule has 2 bridgehead atoms. The first-order valence-electron chi connectivity index (χ1n) is 5.17. The lowest BCUT2D eigenvalue weighted by molar-refractivity contribution is -0.123. The van der Waals surface area contributed by atoms with E-state index in [0.717, 1.165) is 6.42 Å². The van der Waals surface area contributed by atoms with Gasteiger partial charge in [0, 0.05) is 23.0 Å². The number of hydrogen-bond donors (Lipinski definition) is 0. The van der Waals surface area contributed by atoms with E-state index in [-0.39, 0.29) is 28.8 Å². The van der Waals surface area contributed by atoms with Gasteiger partial charge in [-0.2, -0.15) is 0 Å². The molecule has 3 nitrogen and oxygen atoms in total. The van der Waals surface area contributed by atoms with Gasteiger partial charge in [-0.15, -0.1) is 0 Å². The lowest BCUT2D eigenvalue weighted by Crippen LogP contribution is -2.28. The Morgan fingerprint density at radius 1 is 1.47 bits per heavy atom. The third kappa shape index (κ3) is 1.82. The van der Waals surface area contributed by atoms with Crippen LogP contribution in [0.15, 0.2) is 0 Å². The zero-order valence-electron chi connectivity index (χ0n) is 8.86. The summed E-state index contributed by atoms with van der Waals surface area (Å²) in [4.78, 5) is 11.7. The number of Topliss-reactive ketones (excluding diaryl/α,β-unsaturated/α-hetero) is 1. The van der Waals surface area contributed by atoms with Gasteiger partial charge in [-0.1, -0.05) is 13.8 Å². The second kappa shape index (κ2) is 3.20. The predicted octanol–water partition coefficient (Wildman–Crippen LogP) is 1.81. The van der Waals surface area contributed by atoms with E-state index in [1.54, 1.807) is 0 Å². The molecule has 0 amide bonds. The fraction of sp³-hybridized carbons (Fsp3) is 0.900. The van der Waals surface area contributed by atoms with E-state index in [9.17, 15) is 13.2 Å². The average molecular weight is 251 g/mol. The van der Waals surface area contributed by atoms with Crippen LogP contribution in [0.2, 0.25) is 0 Å². The monoisotopic (exact) mass is 250 g/mol. The topological polar surface area (TPSA) is 51.2 Å². The minimum absolute atomic E-state index is 0.0384. The van der Waals surface area contributed by atoms with Crippen molar-refractivity contribution in [2.45, 2.75) is 26.7 Å². The summed E-state index contributed by atoms with van der Waals surface area (Å²) in [5.74, 6) is 0.356. The van der Waals surface area contributed by atoms with Crippen LogP contribution in [-0.4, -0.2) is 20.0 Å². The smallest absolute Gasteiger partial charge is 0.232 e. The highest BCUT2D eigenvalue weighted by Crippen LogP contribution is 2.58. The average Bonchev–Trinajstić information content (AvgIpc) is 2.30. The molecule has 0 aromatic heterocycles. The Balaban J connectivity index is 2.24. The number of hydrogen-bond acceptors (Lipinski definition) is 3. The summed E-state index contributed by atoms with van der Waals surface area (Å²) in [6, 6.07) is 0. The van der Waals surface area contributed by atoms with Gasteiger partial charge in [-0.25, -0.2) is 8.42 Å². The Labute approximate surface area is 94.6 Å². The SMILES string of the molecule is CC1(C)C2CC(=O)C1C(CS(=O)(=O)Cl)C2. The minimum atomic E-state index is -3.48. The third-order valence-corrected chi connectivity index (χ3v) is 5.32. The van der Waals surface area contributed by atoms with Crippen molar-refractivity contribution < 1.29 is 13.2 Å². The second-order valence-corrected chi connectivity index (χ2v) is 8.19. The Hall–Kier alpha value is -0.0900. The van der Waals surface area contributed by atoms with Crippen molar-refractivity contribution in [3.63, 3.8) is 0 Å². The molecule has 0 radical (unpaired) electrons. The van der Waals surface area contributed by atoms with E-state index < -0.39 is 9.05 Å². The first-order valence-corrected chi connectivity index (χ1v) is 7.64. The van der Waals surface area contributed by atoms with Crippen LogP contribution < -0.4 is 0 Å². The van der Waals surface area contributed by atoms with Crippen molar-refractivity contribution in [3.05, 3.63) is 0 Å². The highest BCUT2D eigenvalue weighted by atomic mass is 35.7. The summed E-state index contributed by atoms with van der Waals surface area (Å²) in [5.41, 5.74) is -0.0384. The molecule has 2 saturated carbocycles. The number of carbonyl (C=O) groups excluding carboxylic acids is 1. The number of carbonyl (C=O) groups is 1. The predicted molar refractivity (Wildman–Crippen MR) is 58.1 cm³/mol. The Morgan fingerprint density at radius 2 is 2.07 bits per heavy atom. The van der Waals surface area contributed by atoms with Gasteiger partial charge in [0.05, 0.1) is 5.75 Å². The van der Waals surface area contributed by atoms with Gasteiger partial charge in [0.25, 0.3) is 0 Å². The van der Waals surface area contributed by atoms with E-state index in [2.05, 4.69) is 13.8 Å². The molecule has 3 atom stereocenters. The van der Waals surface area contributed by atoms with Crippen LogP contribution in [0.1, 0.15) is 26.7 Å². The first kappa shape index (κ1) is 11.4. The molecular formula is C10H15ClO3S. The second-order valence-electron chi connectivity index (χ2n) is 5.37. The Bertz CT molecular complexity index is 399. The van der Waals surface area contributed by atoms with Gasteiger partial charge in [0.2, 0.25) is 9.05 Å². The van der Waals surface area contributed by atoms with Gasteiger partial charge in [0.1, 0.15) is 5.78 Å². The normalized spacial score (nSPS) is 38.6. The van der Waals surface area contributed by atoms with Crippen molar-refractivity contribution in [1.82, 2.24) is 0 Å². The molecule has 2 aliphatic carbocycles. The maximum absolute atomic E-state index is 11.7. The molecule has 2 rings (SSSR count). The van der Waals surface area contributed by atoms with Crippen LogP contribution in [0.5, 0.6) is 0 Å². The van der Waals surface area contributed by atoms with E-state index in [1.165, 1.54) is 0 Å². The quantitative estimate of drug-likeness (QED) is 0.703. The molecule has 0 aromatic rings. The molecule has 3 unspecified atom stereocenters. The minimum Gasteiger partial charge on any atom is -0.299 e. The number of fused-ring (bicyclic) bond motifs is 2. The fourth-order valence-electron chi connectivity index (χ4n) is 3.48. The summed E-state index contributed by atoms with van der Waals surface area (Å²) < 4.78 is 22.1. The van der Waals surface area contributed by atoms with E-state index >= 15 is 0 Å². The summed E-state index contributed by atoms with van der Waals surface area (Å²) in [7, 11) is 1.77. The van der Waals surface area contributed by atoms with Crippen LogP contribution in [0, 0.1) is 23.2 Å². The van der Waals surface area contributed by atoms with Gasteiger partial charge >= 0.3 is 0 Å². The van der Waals surface area contributed by atoms with Gasteiger partial charge in [-0.3, -0.25) is 4.79 Å². The molecule has 2 fully saturated rings. The van der Waals surface area contributed by atoms with Crippen molar-refractivity contribution in [2.75, 3.05) is 5.75 Å². The van der Waals surface area contributed by atoms with Gasteiger partial charge in [-0.05, 0) is 23.7 Å². The van der Waals surface area contributed by atoms with Gasteiger partial charge < -0.3 is 0 Å². The molecule has 2 aliphatic rings. The standard InChI is InChI=1S/C10H15ClO3S/c1-10(2)7-3-6(5-15(11,13)14)9(10)8(12)4-7/h6-7,9H,3-5H2,1-2H3. The van der Waals surface area contributed by atoms with Gasteiger partial charge in [0.15, 0.2) is 0 Å². The summed E-state index contributed by atoms with van der Waals surface area (Å²) in [6.07, 6.45) is 1.45. The molecule has 0 heterocycles. The zero-order chi connectivity index (χ0) is 11.4. The lowest BCUT2D eigenvalue weighted by atomic mass is 9.80. The summed E-state index contributed by atoms with van der Waals surface area (Å²) >= 11 is 0. The lowest BCUT2D eigenvalue weighted by Gasteiger charge is -2.24. The third-order valence-electron chi connectivity index (χ3n) is 4.12. The number of ketones is 1. The molecule has 0 aliphatic heterocycles. The maximum Gasteiger partial charge on any atom is 0.232 e. The van der Waals surface area contributed by atoms with Crippen LogP contribution >= 0.6 is 10.7 Å². The fourth-order valence-corrected chi connectivity index (χ4v) is 4.81. The molecular weight excluding hydrogens is 236 g/mol. The molecule has 86 valence electrons. The summed E-state index contributed by atoms with van der Waals surface area (Å²) in [6.45, 7) is 4.13. The maximum atomic E-state index is 11.7. The van der Waals surface area contributed by atoms with Crippen LogP contribution in [0.3, 0.4) is 0 Å². The molecule has 0 spiro atoms. The van der Waals surface area contributed by atoms with Crippen LogP contribution in [0.25, 0.3) is 0 Å². The van der Waals surface area contributed by atoms with Crippen molar-refractivity contribution in [3.8, 4) is 0 Å². The largest absolute Gasteiger partial charge is 0.299 e. The van der Waals surface area contributed by atoms with Crippen molar-refractivity contribution in [1.29, 1.82) is 0 Å². The number of rotatable bonds is 2. The highest BCUT2D eigenvalue weighted by Gasteiger charge is 2.58. The van der Waals surface area contributed by atoms with Crippen molar-refractivity contribution in [2.24, 2.45) is 23.2 Å². The Morgan fingerprint density at radius 3 is 2.47 bits per heavy atom. The molecule has 0 N–H and O–H groups in total. The van der Waals surface area contributed by atoms with Crippen molar-refractivity contribution >= 4 is 25.5 Å². The summed E-state index contributed by atoms with van der Waals surface area (Å²) in [5, 5.41) is 0. The van der Waals surface area contributed by atoms with Crippen LogP contribution in [0.4, 0.5) is 0 Å². The van der Waals surface area contributed by atoms with E-state index in [0.29, 0.717) is 12.3 Å². The molecule has 0 saturated heterocycles. The molecule has 15 heavy (non-hydrogen) atoms. The number of halogens is 1. The van der Waals surface area contributed by atoms with Crippen LogP contribution in [-0.2, 0) is 13.8 Å². The molecule has 0 aromatic carbocycles. The zero-order valence-corrected chi connectivity index (χ0v) is 10.4. The Kier molecular flexibility index (Phi) is 2.43. The molecule has 5 heteroatoms. The van der Waals surface area contributed by atoms with E-state index in [1.807, 2.05) is 0 Å². The first-order chi connectivity index (χ1) is 6.72. The van der Waals surface area contributed by atoms with E-state index in [4.69, 9.17) is 10.7 Å².